The lowest BCUT2D eigenvalue weighted by atomic mass is 10.2. The van der Waals surface area contributed by atoms with Crippen molar-refractivity contribution >= 4 is 16.9 Å². The Morgan fingerprint density at radius 1 is 1.21 bits per heavy atom. The molecule has 0 atom stereocenters. The second-order valence-electron chi connectivity index (χ2n) is 4.74. The molecule has 0 saturated heterocycles. The molecule has 1 N–H and O–H groups in total. The van der Waals surface area contributed by atoms with Crippen LogP contribution in [0.25, 0.3) is 11.0 Å². The maximum Gasteiger partial charge on any atom is 0.224 e. The molecule has 0 aliphatic heterocycles. The zero-order valence-corrected chi connectivity index (χ0v) is 11.3. The molecule has 0 spiro atoms. The fourth-order valence-electron chi connectivity index (χ4n) is 2.03. The third-order valence-corrected chi connectivity index (χ3v) is 3.24. The van der Waals surface area contributed by atoms with E-state index in [1.807, 2.05) is 24.6 Å². The van der Waals surface area contributed by atoms with E-state index in [2.05, 4.69) is 40.6 Å². The average molecular weight is 256 g/mol. The van der Waals surface area contributed by atoms with E-state index in [0.717, 1.165) is 28.5 Å². The standard InChI is InChI=1S/C14H16N4O/c1-9-4-5-13-11(6-9)7-12(19-13)8-15-14-17-16-10(2)18(14)3/h4-7H,8H2,1-3H3,(H,15,17). The van der Waals surface area contributed by atoms with Gasteiger partial charge in [0.05, 0.1) is 6.54 Å². The molecule has 5 heteroatoms. The molecule has 0 aliphatic carbocycles. The first-order chi connectivity index (χ1) is 9.13. The van der Waals surface area contributed by atoms with Crippen LogP contribution in [0.5, 0.6) is 0 Å². The number of hydrogen-bond acceptors (Lipinski definition) is 4. The lowest BCUT2D eigenvalue weighted by molar-refractivity contribution is 0.558. The molecule has 19 heavy (non-hydrogen) atoms. The predicted molar refractivity (Wildman–Crippen MR) is 74.0 cm³/mol. The van der Waals surface area contributed by atoms with Crippen LogP contribution in [0.15, 0.2) is 28.7 Å². The topological polar surface area (TPSA) is 55.9 Å². The molecule has 0 unspecified atom stereocenters. The van der Waals surface area contributed by atoms with Crippen LogP contribution in [0.4, 0.5) is 5.95 Å². The molecule has 0 bridgehead atoms. The minimum atomic E-state index is 0.597. The average Bonchev–Trinajstić information content (AvgIpc) is 2.92. The van der Waals surface area contributed by atoms with Gasteiger partial charge in [0.1, 0.15) is 17.2 Å². The highest BCUT2D eigenvalue weighted by molar-refractivity contribution is 5.78. The molecule has 5 nitrogen and oxygen atoms in total. The summed E-state index contributed by atoms with van der Waals surface area (Å²) in [5, 5.41) is 12.4. The van der Waals surface area contributed by atoms with Crippen molar-refractivity contribution in [3.63, 3.8) is 0 Å². The molecule has 2 heterocycles. The molecule has 3 aromatic rings. The third-order valence-electron chi connectivity index (χ3n) is 3.24. The van der Waals surface area contributed by atoms with Gasteiger partial charge in [-0.25, -0.2) is 0 Å². The highest BCUT2D eigenvalue weighted by Crippen LogP contribution is 2.21. The SMILES string of the molecule is Cc1ccc2oc(CNc3nnc(C)n3C)cc2c1. The monoisotopic (exact) mass is 256 g/mol. The number of anilines is 1. The Bertz CT molecular complexity index is 726. The van der Waals surface area contributed by atoms with Gasteiger partial charge in [0.2, 0.25) is 5.95 Å². The summed E-state index contributed by atoms with van der Waals surface area (Å²) in [5.41, 5.74) is 2.15. The Hall–Kier alpha value is -2.30. The second kappa shape index (κ2) is 4.42. The summed E-state index contributed by atoms with van der Waals surface area (Å²) in [7, 11) is 1.93. The van der Waals surface area contributed by atoms with E-state index >= 15 is 0 Å². The zero-order chi connectivity index (χ0) is 13.4. The Kier molecular flexibility index (Phi) is 2.74. The van der Waals surface area contributed by atoms with Gasteiger partial charge in [-0.05, 0) is 32.0 Å². The minimum absolute atomic E-state index is 0.597. The van der Waals surface area contributed by atoms with Crippen molar-refractivity contribution < 1.29 is 4.42 Å². The summed E-state index contributed by atoms with van der Waals surface area (Å²) < 4.78 is 7.68. The first-order valence-corrected chi connectivity index (χ1v) is 6.22. The molecule has 1 aromatic carbocycles. The summed E-state index contributed by atoms with van der Waals surface area (Å²) in [6.45, 7) is 4.59. The number of benzene rings is 1. The van der Waals surface area contributed by atoms with Crippen molar-refractivity contribution in [2.75, 3.05) is 5.32 Å². The fraction of sp³-hybridized carbons (Fsp3) is 0.286. The van der Waals surface area contributed by atoms with Gasteiger partial charge < -0.3 is 14.3 Å². The Morgan fingerprint density at radius 3 is 2.79 bits per heavy atom. The quantitative estimate of drug-likeness (QED) is 0.783. The number of hydrogen-bond donors (Lipinski definition) is 1. The van der Waals surface area contributed by atoms with Crippen LogP contribution in [0.2, 0.25) is 0 Å². The van der Waals surface area contributed by atoms with Gasteiger partial charge in [0.25, 0.3) is 0 Å². The van der Waals surface area contributed by atoms with Crippen LogP contribution in [0.1, 0.15) is 17.1 Å². The molecule has 0 aliphatic rings. The third kappa shape index (κ3) is 2.19. The number of rotatable bonds is 3. The van der Waals surface area contributed by atoms with Gasteiger partial charge in [-0.3, -0.25) is 0 Å². The normalized spacial score (nSPS) is 11.1. The predicted octanol–water partition coefficient (Wildman–Crippen LogP) is 2.79. The number of nitrogens with one attached hydrogen (secondary N) is 1. The fourth-order valence-corrected chi connectivity index (χ4v) is 2.03. The highest BCUT2D eigenvalue weighted by atomic mass is 16.3. The summed E-state index contributed by atoms with van der Waals surface area (Å²) in [6.07, 6.45) is 0. The van der Waals surface area contributed by atoms with Crippen molar-refractivity contribution in [3.8, 4) is 0 Å². The Balaban J connectivity index is 1.80. The van der Waals surface area contributed by atoms with Crippen molar-refractivity contribution in [2.45, 2.75) is 20.4 Å². The Labute approximate surface area is 111 Å². The first-order valence-electron chi connectivity index (χ1n) is 6.22. The largest absolute Gasteiger partial charge is 0.459 e. The van der Waals surface area contributed by atoms with Crippen molar-refractivity contribution in [1.29, 1.82) is 0 Å². The van der Waals surface area contributed by atoms with Gasteiger partial charge in [-0.1, -0.05) is 11.6 Å². The molecule has 98 valence electrons. The summed E-state index contributed by atoms with van der Waals surface area (Å²) >= 11 is 0. The maximum absolute atomic E-state index is 5.77. The maximum atomic E-state index is 5.77. The smallest absolute Gasteiger partial charge is 0.224 e. The van der Waals surface area contributed by atoms with E-state index in [1.165, 1.54) is 5.56 Å². The van der Waals surface area contributed by atoms with Crippen molar-refractivity contribution in [2.24, 2.45) is 7.05 Å². The highest BCUT2D eigenvalue weighted by Gasteiger charge is 2.07. The molecule has 2 aromatic heterocycles. The lowest BCUT2D eigenvalue weighted by Crippen LogP contribution is -2.04. The lowest BCUT2D eigenvalue weighted by Gasteiger charge is -2.02. The van der Waals surface area contributed by atoms with Crippen LogP contribution in [-0.2, 0) is 13.6 Å². The molecular formula is C14H16N4O. The number of fused-ring (bicyclic) bond motifs is 1. The van der Waals surface area contributed by atoms with E-state index in [4.69, 9.17) is 4.42 Å². The Morgan fingerprint density at radius 2 is 2.05 bits per heavy atom. The first kappa shape index (κ1) is 11.8. The van der Waals surface area contributed by atoms with Gasteiger partial charge in [0.15, 0.2) is 0 Å². The molecule has 0 radical (unpaired) electrons. The zero-order valence-electron chi connectivity index (χ0n) is 11.3. The van der Waals surface area contributed by atoms with E-state index in [0.29, 0.717) is 6.54 Å². The number of aromatic nitrogens is 3. The second-order valence-corrected chi connectivity index (χ2v) is 4.74. The number of aryl methyl sites for hydroxylation is 2. The minimum Gasteiger partial charge on any atom is -0.459 e. The van der Waals surface area contributed by atoms with Crippen LogP contribution in [0.3, 0.4) is 0 Å². The summed E-state index contributed by atoms with van der Waals surface area (Å²) in [6, 6.07) is 8.23. The van der Waals surface area contributed by atoms with Gasteiger partial charge >= 0.3 is 0 Å². The number of nitrogens with zero attached hydrogens (tertiary/aromatic N) is 3. The van der Waals surface area contributed by atoms with Crippen LogP contribution in [-0.4, -0.2) is 14.8 Å². The summed E-state index contributed by atoms with van der Waals surface area (Å²) in [5.74, 6) is 2.51. The van der Waals surface area contributed by atoms with Gasteiger partial charge in [0, 0.05) is 12.4 Å². The van der Waals surface area contributed by atoms with Crippen molar-refractivity contribution in [3.05, 3.63) is 41.4 Å². The van der Waals surface area contributed by atoms with Crippen molar-refractivity contribution in [1.82, 2.24) is 14.8 Å². The molecule has 0 amide bonds. The van der Waals surface area contributed by atoms with E-state index in [1.54, 1.807) is 0 Å². The van der Waals surface area contributed by atoms with Crippen LogP contribution >= 0.6 is 0 Å². The molecular weight excluding hydrogens is 240 g/mol. The molecule has 3 rings (SSSR count). The van der Waals surface area contributed by atoms with Gasteiger partial charge in [-0.15, -0.1) is 10.2 Å². The van der Waals surface area contributed by atoms with E-state index < -0.39 is 0 Å². The van der Waals surface area contributed by atoms with Gasteiger partial charge in [-0.2, -0.15) is 0 Å². The van der Waals surface area contributed by atoms with E-state index in [-0.39, 0.29) is 0 Å². The molecule has 0 saturated carbocycles. The van der Waals surface area contributed by atoms with E-state index in [9.17, 15) is 0 Å². The molecule has 0 fully saturated rings. The van der Waals surface area contributed by atoms with Crippen LogP contribution in [0, 0.1) is 13.8 Å². The summed E-state index contributed by atoms with van der Waals surface area (Å²) in [4.78, 5) is 0. The van der Waals surface area contributed by atoms with Crippen LogP contribution < -0.4 is 5.32 Å². The number of furan rings is 1.